The van der Waals surface area contributed by atoms with Gasteiger partial charge in [0.25, 0.3) is 0 Å². The standard InChI is InChI=1S/C15H17FN2/c1-10-9-12(7-8-15(10)17)18-11(2)13-5-3-4-6-14(13)16/h3-9,11,18H,17H2,1-2H3. The van der Waals surface area contributed by atoms with Gasteiger partial charge in [0.15, 0.2) is 0 Å². The average Bonchev–Trinajstić information content (AvgIpc) is 2.34. The quantitative estimate of drug-likeness (QED) is 0.804. The van der Waals surface area contributed by atoms with Crippen molar-refractivity contribution in [2.75, 3.05) is 11.1 Å². The number of halogens is 1. The Morgan fingerprint density at radius 1 is 1.17 bits per heavy atom. The first-order valence-electron chi connectivity index (χ1n) is 5.95. The van der Waals surface area contributed by atoms with Crippen LogP contribution in [-0.2, 0) is 0 Å². The second-order valence-electron chi connectivity index (χ2n) is 4.46. The number of hydrogen-bond donors (Lipinski definition) is 2. The van der Waals surface area contributed by atoms with E-state index in [0.29, 0.717) is 5.56 Å². The number of nitrogen functional groups attached to an aromatic ring is 1. The molecule has 2 aromatic rings. The Balaban J connectivity index is 2.19. The van der Waals surface area contributed by atoms with Crippen LogP contribution in [0.25, 0.3) is 0 Å². The number of hydrogen-bond acceptors (Lipinski definition) is 2. The minimum Gasteiger partial charge on any atom is -0.399 e. The Hall–Kier alpha value is -2.03. The van der Waals surface area contributed by atoms with Crippen molar-refractivity contribution in [3.8, 4) is 0 Å². The second kappa shape index (κ2) is 5.08. The van der Waals surface area contributed by atoms with Gasteiger partial charge in [-0.15, -0.1) is 0 Å². The van der Waals surface area contributed by atoms with Gasteiger partial charge < -0.3 is 11.1 Å². The molecule has 0 aliphatic heterocycles. The molecular formula is C15H17FN2. The van der Waals surface area contributed by atoms with Gasteiger partial charge in [-0.3, -0.25) is 0 Å². The molecule has 94 valence electrons. The Labute approximate surface area is 107 Å². The van der Waals surface area contributed by atoms with E-state index in [1.54, 1.807) is 12.1 Å². The largest absolute Gasteiger partial charge is 0.399 e. The maximum atomic E-state index is 13.6. The Morgan fingerprint density at radius 3 is 2.56 bits per heavy atom. The van der Waals surface area contributed by atoms with E-state index in [-0.39, 0.29) is 11.9 Å². The normalized spacial score (nSPS) is 12.2. The van der Waals surface area contributed by atoms with E-state index < -0.39 is 0 Å². The third-order valence-corrected chi connectivity index (χ3v) is 3.02. The number of anilines is 2. The molecule has 18 heavy (non-hydrogen) atoms. The maximum absolute atomic E-state index is 13.6. The molecule has 2 rings (SSSR count). The molecule has 0 heterocycles. The van der Waals surface area contributed by atoms with Crippen LogP contribution in [0.1, 0.15) is 24.1 Å². The van der Waals surface area contributed by atoms with Crippen molar-refractivity contribution < 1.29 is 4.39 Å². The molecule has 0 saturated carbocycles. The zero-order chi connectivity index (χ0) is 13.1. The van der Waals surface area contributed by atoms with Crippen LogP contribution in [0, 0.1) is 12.7 Å². The van der Waals surface area contributed by atoms with Gasteiger partial charge in [0, 0.05) is 16.9 Å². The van der Waals surface area contributed by atoms with E-state index in [9.17, 15) is 4.39 Å². The summed E-state index contributed by atoms with van der Waals surface area (Å²) in [6.45, 7) is 3.89. The Morgan fingerprint density at radius 2 is 1.89 bits per heavy atom. The molecule has 0 amide bonds. The van der Waals surface area contributed by atoms with Crippen molar-refractivity contribution in [3.63, 3.8) is 0 Å². The van der Waals surface area contributed by atoms with Crippen molar-refractivity contribution in [1.82, 2.24) is 0 Å². The van der Waals surface area contributed by atoms with Crippen LogP contribution in [0.5, 0.6) is 0 Å². The molecular weight excluding hydrogens is 227 g/mol. The lowest BCUT2D eigenvalue weighted by atomic mass is 10.1. The highest BCUT2D eigenvalue weighted by molar-refractivity contribution is 5.57. The topological polar surface area (TPSA) is 38.0 Å². The van der Waals surface area contributed by atoms with Gasteiger partial charge in [-0.25, -0.2) is 4.39 Å². The first-order chi connectivity index (χ1) is 8.58. The summed E-state index contributed by atoms with van der Waals surface area (Å²) in [5.74, 6) is -0.190. The fraction of sp³-hybridized carbons (Fsp3) is 0.200. The van der Waals surface area contributed by atoms with Crippen LogP contribution in [0.2, 0.25) is 0 Å². The molecule has 3 N–H and O–H groups in total. The first-order valence-corrected chi connectivity index (χ1v) is 5.95. The first kappa shape index (κ1) is 12.4. The van der Waals surface area contributed by atoms with Gasteiger partial charge in [0.1, 0.15) is 5.82 Å². The smallest absolute Gasteiger partial charge is 0.128 e. The van der Waals surface area contributed by atoms with E-state index in [4.69, 9.17) is 5.73 Å². The van der Waals surface area contributed by atoms with Crippen molar-refractivity contribution in [3.05, 3.63) is 59.4 Å². The summed E-state index contributed by atoms with van der Waals surface area (Å²) in [6, 6.07) is 12.4. The van der Waals surface area contributed by atoms with E-state index in [1.807, 2.05) is 38.1 Å². The van der Waals surface area contributed by atoms with E-state index >= 15 is 0 Å². The molecule has 0 aromatic heterocycles. The van der Waals surface area contributed by atoms with Crippen molar-refractivity contribution in [2.24, 2.45) is 0 Å². The molecule has 0 radical (unpaired) electrons. The minimum atomic E-state index is -0.190. The van der Waals surface area contributed by atoms with Gasteiger partial charge in [0.2, 0.25) is 0 Å². The highest BCUT2D eigenvalue weighted by Crippen LogP contribution is 2.23. The second-order valence-corrected chi connectivity index (χ2v) is 4.46. The zero-order valence-electron chi connectivity index (χ0n) is 10.6. The lowest BCUT2D eigenvalue weighted by Crippen LogP contribution is -2.08. The SMILES string of the molecule is Cc1cc(NC(C)c2ccccc2F)ccc1N. The lowest BCUT2D eigenvalue weighted by molar-refractivity contribution is 0.600. The van der Waals surface area contributed by atoms with Crippen LogP contribution in [0.4, 0.5) is 15.8 Å². The summed E-state index contributed by atoms with van der Waals surface area (Å²) >= 11 is 0. The summed E-state index contributed by atoms with van der Waals surface area (Å²) in [4.78, 5) is 0. The molecule has 1 atom stereocenters. The van der Waals surface area contributed by atoms with Crippen LogP contribution >= 0.6 is 0 Å². The molecule has 2 aromatic carbocycles. The van der Waals surface area contributed by atoms with Crippen LogP contribution in [0.3, 0.4) is 0 Å². The van der Waals surface area contributed by atoms with Gasteiger partial charge >= 0.3 is 0 Å². The fourth-order valence-electron chi connectivity index (χ4n) is 1.92. The van der Waals surface area contributed by atoms with Crippen molar-refractivity contribution in [1.29, 1.82) is 0 Å². The van der Waals surface area contributed by atoms with E-state index in [1.165, 1.54) is 6.07 Å². The van der Waals surface area contributed by atoms with Crippen LogP contribution < -0.4 is 11.1 Å². The highest BCUT2D eigenvalue weighted by atomic mass is 19.1. The number of nitrogens with two attached hydrogens (primary N) is 1. The summed E-state index contributed by atoms with van der Waals surface area (Å²) in [6.07, 6.45) is 0. The molecule has 1 unspecified atom stereocenters. The number of rotatable bonds is 3. The molecule has 2 nitrogen and oxygen atoms in total. The monoisotopic (exact) mass is 244 g/mol. The van der Waals surface area contributed by atoms with Crippen LogP contribution in [0.15, 0.2) is 42.5 Å². The Bertz CT molecular complexity index is 552. The molecule has 0 spiro atoms. The summed E-state index contributed by atoms with van der Waals surface area (Å²) in [5, 5.41) is 3.27. The maximum Gasteiger partial charge on any atom is 0.128 e. The number of benzene rings is 2. The van der Waals surface area contributed by atoms with Gasteiger partial charge in [0.05, 0.1) is 6.04 Å². The third-order valence-electron chi connectivity index (χ3n) is 3.02. The minimum absolute atomic E-state index is 0.0887. The fourth-order valence-corrected chi connectivity index (χ4v) is 1.92. The zero-order valence-corrected chi connectivity index (χ0v) is 10.6. The molecule has 0 fully saturated rings. The van der Waals surface area contributed by atoms with Gasteiger partial charge in [-0.1, -0.05) is 18.2 Å². The third kappa shape index (κ3) is 2.62. The Kier molecular flexibility index (Phi) is 3.51. The predicted molar refractivity (Wildman–Crippen MR) is 74.0 cm³/mol. The van der Waals surface area contributed by atoms with Crippen LogP contribution in [-0.4, -0.2) is 0 Å². The van der Waals surface area contributed by atoms with Crippen molar-refractivity contribution in [2.45, 2.75) is 19.9 Å². The number of aryl methyl sites for hydroxylation is 1. The predicted octanol–water partition coefficient (Wildman–Crippen LogP) is 3.89. The lowest BCUT2D eigenvalue weighted by Gasteiger charge is -2.17. The molecule has 0 saturated heterocycles. The van der Waals surface area contributed by atoms with E-state index in [0.717, 1.165) is 16.9 Å². The molecule has 0 bridgehead atoms. The van der Waals surface area contributed by atoms with Gasteiger partial charge in [-0.05, 0) is 43.7 Å². The summed E-state index contributed by atoms with van der Waals surface area (Å²) in [5.41, 5.74) is 9.15. The number of nitrogens with one attached hydrogen (secondary N) is 1. The van der Waals surface area contributed by atoms with E-state index in [2.05, 4.69) is 5.32 Å². The van der Waals surface area contributed by atoms with Gasteiger partial charge in [-0.2, -0.15) is 0 Å². The summed E-state index contributed by atoms with van der Waals surface area (Å²) < 4.78 is 13.6. The molecule has 3 heteroatoms. The van der Waals surface area contributed by atoms with Crippen molar-refractivity contribution >= 4 is 11.4 Å². The molecule has 0 aliphatic carbocycles. The average molecular weight is 244 g/mol. The molecule has 0 aliphatic rings. The summed E-state index contributed by atoms with van der Waals surface area (Å²) in [7, 11) is 0. The highest BCUT2D eigenvalue weighted by Gasteiger charge is 2.10.